The third-order valence-electron chi connectivity index (χ3n) is 9.54. The molecule has 1 aromatic heterocycles. The molecule has 1 aliphatic carbocycles. The summed E-state index contributed by atoms with van der Waals surface area (Å²) < 4.78 is 19.9. The summed E-state index contributed by atoms with van der Waals surface area (Å²) >= 11 is 2.72. The maximum Gasteiger partial charge on any atom is 0.341 e. The van der Waals surface area contributed by atoms with Crippen molar-refractivity contribution in [2.24, 2.45) is 11.3 Å². The van der Waals surface area contributed by atoms with E-state index >= 15 is 0 Å². The van der Waals surface area contributed by atoms with Crippen LogP contribution in [0.25, 0.3) is 6.08 Å². The maximum absolute atomic E-state index is 14.7. The van der Waals surface area contributed by atoms with E-state index in [4.69, 9.17) is 4.74 Å². The molecule has 4 aromatic carbocycles. The Morgan fingerprint density at radius 1 is 0.891 bits per heavy atom. The number of benzene rings is 4. The zero-order valence-corrected chi connectivity index (χ0v) is 32.6. The van der Waals surface area contributed by atoms with Gasteiger partial charge in [-0.25, -0.2) is 9.18 Å². The van der Waals surface area contributed by atoms with Gasteiger partial charge < -0.3 is 20.7 Å². The van der Waals surface area contributed by atoms with Gasteiger partial charge in [0.1, 0.15) is 21.8 Å². The zero-order valence-electron chi connectivity index (χ0n) is 31.0. The number of esters is 1. The Labute approximate surface area is 328 Å². The Balaban J connectivity index is 1.26. The minimum absolute atomic E-state index is 0.105. The summed E-state index contributed by atoms with van der Waals surface area (Å²) in [7, 11) is 1.35. The first kappa shape index (κ1) is 39.2. The molecule has 8 nitrogen and oxygen atoms in total. The smallest absolute Gasteiger partial charge is 0.341 e. The first-order valence-corrected chi connectivity index (χ1v) is 19.6. The second-order valence-corrected chi connectivity index (χ2v) is 16.6. The molecule has 1 aliphatic rings. The van der Waals surface area contributed by atoms with E-state index in [1.54, 1.807) is 54.6 Å². The van der Waals surface area contributed by atoms with Crippen LogP contribution >= 0.6 is 23.1 Å². The van der Waals surface area contributed by atoms with Gasteiger partial charge in [-0.05, 0) is 84.2 Å². The van der Waals surface area contributed by atoms with Crippen molar-refractivity contribution < 1.29 is 28.3 Å². The van der Waals surface area contributed by atoms with Crippen molar-refractivity contribution in [2.75, 3.05) is 17.7 Å². The SMILES string of the molecule is COC(=O)c1c(NC(=O)C(Sc2cccc(NC(=O)/C(=C/c3ccccc3F)NC(=O)c3ccccc3)c2)c2ccccc2)sc2c1CCC(C(C)(C)C)C2. The Morgan fingerprint density at radius 3 is 2.27 bits per heavy atom. The predicted molar refractivity (Wildman–Crippen MR) is 218 cm³/mol. The molecule has 1 heterocycles. The normalized spacial score (nSPS) is 14.6. The monoisotopic (exact) mass is 775 g/mol. The van der Waals surface area contributed by atoms with Crippen LogP contribution in [-0.4, -0.2) is 30.8 Å². The molecule has 6 rings (SSSR count). The summed E-state index contributed by atoms with van der Waals surface area (Å²) in [6.45, 7) is 6.69. The van der Waals surface area contributed by atoms with E-state index in [0.29, 0.717) is 32.6 Å². The number of ether oxygens (including phenoxy) is 1. The first-order valence-electron chi connectivity index (χ1n) is 17.9. The number of fused-ring (bicyclic) bond motifs is 1. The molecule has 0 fully saturated rings. The van der Waals surface area contributed by atoms with E-state index in [2.05, 4.69) is 36.7 Å². The Morgan fingerprint density at radius 2 is 1.58 bits per heavy atom. The first-order chi connectivity index (χ1) is 26.4. The summed E-state index contributed by atoms with van der Waals surface area (Å²) in [6, 6.07) is 30.6. The number of thiophene rings is 1. The van der Waals surface area contributed by atoms with E-state index < -0.39 is 28.9 Å². The molecular weight excluding hydrogens is 734 g/mol. The van der Waals surface area contributed by atoms with E-state index in [0.717, 1.165) is 35.3 Å². The van der Waals surface area contributed by atoms with Gasteiger partial charge in [-0.2, -0.15) is 0 Å². The van der Waals surface area contributed by atoms with Gasteiger partial charge in [-0.15, -0.1) is 23.1 Å². The van der Waals surface area contributed by atoms with E-state index in [1.807, 2.05) is 36.4 Å². The van der Waals surface area contributed by atoms with Crippen molar-refractivity contribution in [3.8, 4) is 0 Å². The van der Waals surface area contributed by atoms with Crippen molar-refractivity contribution >= 4 is 63.6 Å². The van der Waals surface area contributed by atoms with Crippen LogP contribution in [0, 0.1) is 17.2 Å². The van der Waals surface area contributed by atoms with Gasteiger partial charge in [0.15, 0.2) is 0 Å². The largest absolute Gasteiger partial charge is 0.465 e. The molecule has 3 N–H and O–H groups in total. The van der Waals surface area contributed by atoms with Gasteiger partial charge in [0.05, 0.1) is 12.7 Å². The van der Waals surface area contributed by atoms with Crippen LogP contribution in [0.1, 0.15) is 74.7 Å². The average Bonchev–Trinajstić information content (AvgIpc) is 3.54. The van der Waals surface area contributed by atoms with Crippen molar-refractivity contribution in [3.63, 3.8) is 0 Å². The highest BCUT2D eigenvalue weighted by Crippen LogP contribution is 2.45. The lowest BCUT2D eigenvalue weighted by Gasteiger charge is -2.33. The molecule has 0 radical (unpaired) electrons. The summed E-state index contributed by atoms with van der Waals surface area (Å²) in [5.41, 5.74) is 2.90. The lowest BCUT2D eigenvalue weighted by atomic mass is 9.72. The fourth-order valence-electron chi connectivity index (χ4n) is 6.48. The highest BCUT2D eigenvalue weighted by atomic mass is 32.2. The molecule has 0 bridgehead atoms. The molecule has 2 atom stereocenters. The number of halogens is 1. The van der Waals surface area contributed by atoms with Gasteiger partial charge >= 0.3 is 5.97 Å². The molecule has 5 aromatic rings. The quantitative estimate of drug-likeness (QED) is 0.0700. The van der Waals surface area contributed by atoms with Gasteiger partial charge in [0.2, 0.25) is 5.91 Å². The summed E-state index contributed by atoms with van der Waals surface area (Å²) in [4.78, 5) is 56.0. The van der Waals surface area contributed by atoms with Crippen LogP contribution in [0.5, 0.6) is 0 Å². The number of rotatable bonds is 11. The summed E-state index contributed by atoms with van der Waals surface area (Å²) in [5, 5.41) is 8.28. The number of carbonyl (C=O) groups is 4. The standard InChI is InChI=1S/C44H42FN3O5S2/c1-44(2,3)30-22-23-33-36(25-30)55-42(37(33)43(52)53-4)48-41(51)38(27-14-7-5-8-15-27)54-32-20-13-19-31(26-32)46-40(50)35(24-29-18-11-12-21-34(29)45)47-39(49)28-16-9-6-10-17-28/h5-21,24,26,30,38H,22-23,25H2,1-4H3,(H,46,50)(H,47,49)(H,48,51)/b35-24-. The number of anilines is 2. The highest BCUT2D eigenvalue weighted by Gasteiger charge is 2.35. The van der Waals surface area contributed by atoms with Crippen LogP contribution < -0.4 is 16.0 Å². The zero-order chi connectivity index (χ0) is 39.1. The third kappa shape index (κ3) is 9.59. The maximum atomic E-state index is 14.7. The molecule has 2 unspecified atom stereocenters. The van der Waals surface area contributed by atoms with E-state index in [-0.39, 0.29) is 22.6 Å². The van der Waals surface area contributed by atoms with Crippen molar-refractivity contribution in [1.82, 2.24) is 5.32 Å². The lowest BCUT2D eigenvalue weighted by Crippen LogP contribution is -2.30. The fourth-order valence-corrected chi connectivity index (χ4v) is 8.88. The second-order valence-electron chi connectivity index (χ2n) is 14.3. The number of nitrogens with one attached hydrogen (secondary N) is 3. The van der Waals surface area contributed by atoms with Gasteiger partial charge in [-0.3, -0.25) is 14.4 Å². The molecule has 0 saturated carbocycles. The molecule has 3 amide bonds. The minimum atomic E-state index is -0.735. The number of thioether (sulfide) groups is 1. The minimum Gasteiger partial charge on any atom is -0.465 e. The second kappa shape index (κ2) is 17.3. The van der Waals surface area contributed by atoms with E-state index in [1.165, 1.54) is 54.5 Å². The molecular formula is C44H42FN3O5S2. The van der Waals surface area contributed by atoms with Crippen LogP contribution in [0.15, 0.2) is 120 Å². The lowest BCUT2D eigenvalue weighted by molar-refractivity contribution is -0.116. The number of methoxy groups -OCH3 is 1. The Hall–Kier alpha value is -5.52. The Bertz CT molecular complexity index is 2230. The average molecular weight is 776 g/mol. The van der Waals surface area contributed by atoms with Gasteiger partial charge in [0, 0.05) is 26.6 Å². The molecule has 11 heteroatoms. The molecule has 0 aliphatic heterocycles. The molecule has 0 saturated heterocycles. The molecule has 282 valence electrons. The van der Waals surface area contributed by atoms with Crippen LogP contribution in [0.4, 0.5) is 15.1 Å². The van der Waals surface area contributed by atoms with E-state index in [9.17, 15) is 23.6 Å². The van der Waals surface area contributed by atoms with Crippen molar-refractivity contribution in [2.45, 2.75) is 50.2 Å². The third-order valence-corrected chi connectivity index (χ3v) is 12.0. The Kier molecular flexibility index (Phi) is 12.3. The number of amides is 3. The van der Waals surface area contributed by atoms with Crippen LogP contribution in [0.3, 0.4) is 0 Å². The van der Waals surface area contributed by atoms with Crippen molar-refractivity contribution in [3.05, 3.63) is 153 Å². The van der Waals surface area contributed by atoms with Crippen molar-refractivity contribution in [1.29, 1.82) is 0 Å². The fraction of sp³-hybridized carbons (Fsp3) is 0.227. The van der Waals surface area contributed by atoms with Gasteiger partial charge in [0.25, 0.3) is 11.8 Å². The van der Waals surface area contributed by atoms with Crippen LogP contribution in [0.2, 0.25) is 0 Å². The number of hydrogen-bond donors (Lipinski definition) is 3. The highest BCUT2D eigenvalue weighted by molar-refractivity contribution is 8.00. The number of carbonyl (C=O) groups excluding carboxylic acids is 4. The summed E-state index contributed by atoms with van der Waals surface area (Å²) in [6.07, 6.45) is 3.79. The van der Waals surface area contributed by atoms with Crippen LogP contribution in [-0.2, 0) is 27.2 Å². The molecule has 0 spiro atoms. The van der Waals surface area contributed by atoms with Gasteiger partial charge in [-0.1, -0.05) is 93.6 Å². The molecule has 55 heavy (non-hydrogen) atoms. The predicted octanol–water partition coefficient (Wildman–Crippen LogP) is 9.71. The number of hydrogen-bond acceptors (Lipinski definition) is 7. The topological polar surface area (TPSA) is 114 Å². The summed E-state index contributed by atoms with van der Waals surface area (Å²) in [5.74, 6) is -2.11.